The molecule has 0 aliphatic heterocycles. The van der Waals surface area contributed by atoms with Crippen LogP contribution in [0.15, 0.2) is 22.9 Å². The zero-order valence-corrected chi connectivity index (χ0v) is 25.0. The lowest BCUT2D eigenvalue weighted by atomic mass is 9.66. The van der Waals surface area contributed by atoms with Gasteiger partial charge in [-0.25, -0.2) is 4.98 Å². The molecule has 3 aromatic heterocycles. The second-order valence-electron chi connectivity index (χ2n) is 11.7. The van der Waals surface area contributed by atoms with Crippen LogP contribution >= 0.6 is 11.6 Å². The maximum absolute atomic E-state index is 14.2. The Morgan fingerprint density at radius 3 is 2.27 bits per heavy atom. The minimum absolute atomic E-state index is 0.0375. The number of hydrogen-bond donors (Lipinski definition) is 3. The molecule has 1 atom stereocenters. The first kappa shape index (κ1) is 29.3. The van der Waals surface area contributed by atoms with E-state index in [1.165, 1.54) is 19.1 Å². The second kappa shape index (κ2) is 13.2. The highest BCUT2D eigenvalue weighted by Gasteiger charge is 2.41. The monoisotopic (exact) mass is 580 g/mol. The SMILES string of the molecule is CCc1nocc1C(=O)N[C@H](C(=O)Nc1ccc(-c2c(C)n[nH]c2C)c(Cl)n1)C(C1CCCCC1)C1CCCCC1. The van der Waals surface area contributed by atoms with Gasteiger partial charge in [-0.3, -0.25) is 14.7 Å². The number of amides is 2. The van der Waals surface area contributed by atoms with Gasteiger partial charge in [0.05, 0.1) is 11.4 Å². The molecule has 3 heterocycles. The number of aromatic amines is 1. The third-order valence-corrected chi connectivity index (χ3v) is 9.35. The number of rotatable bonds is 9. The molecule has 10 heteroatoms. The van der Waals surface area contributed by atoms with E-state index >= 15 is 0 Å². The van der Waals surface area contributed by atoms with Crippen molar-refractivity contribution in [1.82, 2.24) is 25.7 Å². The van der Waals surface area contributed by atoms with E-state index < -0.39 is 6.04 Å². The third-order valence-electron chi connectivity index (χ3n) is 9.06. The van der Waals surface area contributed by atoms with E-state index in [1.807, 2.05) is 26.8 Å². The topological polar surface area (TPSA) is 126 Å². The fourth-order valence-corrected chi connectivity index (χ4v) is 7.31. The molecular weight excluding hydrogens is 540 g/mol. The largest absolute Gasteiger partial charge is 0.364 e. The number of aromatic nitrogens is 4. The fraction of sp³-hybridized carbons (Fsp3) is 0.581. The Morgan fingerprint density at radius 1 is 1.05 bits per heavy atom. The van der Waals surface area contributed by atoms with E-state index in [1.54, 1.807) is 6.07 Å². The van der Waals surface area contributed by atoms with Gasteiger partial charge in [0, 0.05) is 16.8 Å². The molecule has 0 saturated heterocycles. The standard InChI is InChI=1S/C31H41ClN6O3/c1-4-24-23(17-41-38-24)30(39)35-28(27(20-11-7-5-8-12-20)21-13-9-6-10-14-21)31(40)34-25-16-15-22(29(32)33-25)26-18(2)36-37-19(26)3/h15-17,20-21,27-28H,4-14H2,1-3H3,(H,35,39)(H,36,37)(H,33,34,40)/t28-/m0/s1. The van der Waals surface area contributed by atoms with E-state index in [9.17, 15) is 9.59 Å². The van der Waals surface area contributed by atoms with Crippen LogP contribution in [0.2, 0.25) is 5.15 Å². The van der Waals surface area contributed by atoms with E-state index in [-0.39, 0.29) is 22.9 Å². The summed E-state index contributed by atoms with van der Waals surface area (Å²) in [5, 5.41) is 17.7. The van der Waals surface area contributed by atoms with Gasteiger partial charge < -0.3 is 15.2 Å². The molecule has 3 N–H and O–H groups in total. The number of nitrogens with zero attached hydrogens (tertiary/aromatic N) is 3. The minimum Gasteiger partial charge on any atom is -0.364 e. The molecule has 0 aromatic carbocycles. The molecule has 0 unspecified atom stereocenters. The fourth-order valence-electron chi connectivity index (χ4n) is 7.06. The van der Waals surface area contributed by atoms with Gasteiger partial charge in [0.1, 0.15) is 28.8 Å². The Bertz CT molecular complexity index is 1320. The first-order chi connectivity index (χ1) is 19.9. The number of nitrogens with one attached hydrogen (secondary N) is 3. The predicted molar refractivity (Wildman–Crippen MR) is 159 cm³/mol. The number of pyridine rings is 1. The van der Waals surface area contributed by atoms with Crippen LogP contribution in [-0.4, -0.2) is 38.2 Å². The van der Waals surface area contributed by atoms with Gasteiger partial charge >= 0.3 is 0 Å². The van der Waals surface area contributed by atoms with Gasteiger partial charge in [-0.1, -0.05) is 87.9 Å². The Labute approximate surface area is 246 Å². The molecule has 0 spiro atoms. The first-order valence-corrected chi connectivity index (χ1v) is 15.5. The van der Waals surface area contributed by atoms with Crippen molar-refractivity contribution in [3.05, 3.63) is 46.2 Å². The molecule has 9 nitrogen and oxygen atoms in total. The van der Waals surface area contributed by atoms with Gasteiger partial charge in [-0.05, 0) is 50.2 Å². The van der Waals surface area contributed by atoms with Crippen molar-refractivity contribution in [3.63, 3.8) is 0 Å². The highest BCUT2D eigenvalue weighted by molar-refractivity contribution is 6.32. The summed E-state index contributed by atoms with van der Waals surface area (Å²) in [6, 6.07) is 2.90. The summed E-state index contributed by atoms with van der Waals surface area (Å²) >= 11 is 6.63. The van der Waals surface area contributed by atoms with Crippen LogP contribution in [0.4, 0.5) is 5.82 Å². The summed E-state index contributed by atoms with van der Waals surface area (Å²) in [7, 11) is 0. The number of aryl methyl sites for hydroxylation is 3. The number of H-pyrrole nitrogens is 1. The average molecular weight is 581 g/mol. The molecule has 0 radical (unpaired) electrons. The van der Waals surface area contributed by atoms with Crippen LogP contribution in [0.5, 0.6) is 0 Å². The molecule has 2 aliphatic carbocycles. The molecule has 2 aliphatic rings. The zero-order valence-electron chi connectivity index (χ0n) is 24.3. The van der Waals surface area contributed by atoms with E-state index in [0.717, 1.165) is 73.9 Å². The number of carbonyl (C=O) groups is 2. The minimum atomic E-state index is -0.716. The van der Waals surface area contributed by atoms with Crippen LogP contribution in [0.1, 0.15) is 98.6 Å². The molecule has 5 rings (SSSR count). The summed E-state index contributed by atoms with van der Waals surface area (Å²) in [6.45, 7) is 5.77. The lowest BCUT2D eigenvalue weighted by Crippen LogP contribution is -2.53. The Kier molecular flexibility index (Phi) is 9.42. The Hall–Kier alpha value is -3.20. The van der Waals surface area contributed by atoms with E-state index in [4.69, 9.17) is 16.1 Å². The van der Waals surface area contributed by atoms with Crippen molar-refractivity contribution in [1.29, 1.82) is 0 Å². The maximum atomic E-state index is 14.2. The second-order valence-corrected chi connectivity index (χ2v) is 12.0. The molecule has 3 aromatic rings. The molecule has 2 amide bonds. The lowest BCUT2D eigenvalue weighted by molar-refractivity contribution is -0.121. The van der Waals surface area contributed by atoms with Crippen LogP contribution in [0.25, 0.3) is 11.1 Å². The third kappa shape index (κ3) is 6.50. The molecular formula is C31H41ClN6O3. The Balaban J connectivity index is 1.46. The summed E-state index contributed by atoms with van der Waals surface area (Å²) < 4.78 is 5.12. The lowest BCUT2D eigenvalue weighted by Gasteiger charge is -2.41. The van der Waals surface area contributed by atoms with Crippen molar-refractivity contribution < 1.29 is 14.1 Å². The van der Waals surface area contributed by atoms with E-state index in [2.05, 4.69) is 31.0 Å². The average Bonchev–Trinajstić information content (AvgIpc) is 3.60. The number of carbonyl (C=O) groups excluding carboxylic acids is 2. The van der Waals surface area contributed by atoms with E-state index in [0.29, 0.717) is 35.3 Å². The predicted octanol–water partition coefficient (Wildman–Crippen LogP) is 6.81. The quantitative estimate of drug-likeness (QED) is 0.239. The van der Waals surface area contributed by atoms with Crippen LogP contribution in [0, 0.1) is 31.6 Å². The normalized spacial score (nSPS) is 17.5. The van der Waals surface area contributed by atoms with Gasteiger partial charge in [-0.15, -0.1) is 0 Å². The summed E-state index contributed by atoms with van der Waals surface area (Å²) in [5.74, 6) is 0.555. The highest BCUT2D eigenvalue weighted by atomic mass is 35.5. The number of halogens is 1. The molecule has 220 valence electrons. The van der Waals surface area contributed by atoms with Crippen LogP contribution in [0.3, 0.4) is 0 Å². The summed E-state index contributed by atoms with van der Waals surface area (Å²) in [5.41, 5.74) is 4.35. The molecule has 2 saturated carbocycles. The Morgan fingerprint density at radius 2 is 1.71 bits per heavy atom. The van der Waals surface area contributed by atoms with Crippen LogP contribution in [-0.2, 0) is 11.2 Å². The smallest absolute Gasteiger partial charge is 0.257 e. The first-order valence-electron chi connectivity index (χ1n) is 15.1. The molecule has 2 fully saturated rings. The van der Waals surface area contributed by atoms with Gasteiger partial charge in [0.25, 0.3) is 5.91 Å². The van der Waals surface area contributed by atoms with Gasteiger partial charge in [0.15, 0.2) is 0 Å². The summed E-state index contributed by atoms with van der Waals surface area (Å²) in [4.78, 5) is 32.3. The van der Waals surface area contributed by atoms with Crippen molar-refractivity contribution in [2.45, 2.75) is 97.4 Å². The summed E-state index contributed by atoms with van der Waals surface area (Å²) in [6.07, 6.45) is 13.3. The number of anilines is 1. The van der Waals surface area contributed by atoms with Gasteiger partial charge in [0.2, 0.25) is 5.91 Å². The van der Waals surface area contributed by atoms with Crippen LogP contribution < -0.4 is 10.6 Å². The highest BCUT2D eigenvalue weighted by Crippen LogP contribution is 2.42. The number of hydrogen-bond acceptors (Lipinski definition) is 6. The maximum Gasteiger partial charge on any atom is 0.257 e. The van der Waals surface area contributed by atoms with Crippen molar-refractivity contribution in [3.8, 4) is 11.1 Å². The molecule has 41 heavy (non-hydrogen) atoms. The zero-order chi connectivity index (χ0) is 28.9. The molecule has 0 bridgehead atoms. The van der Waals surface area contributed by atoms with Crippen molar-refractivity contribution in [2.75, 3.05) is 5.32 Å². The van der Waals surface area contributed by atoms with Crippen molar-refractivity contribution >= 4 is 29.2 Å². The van der Waals surface area contributed by atoms with Crippen molar-refractivity contribution in [2.24, 2.45) is 17.8 Å². The van der Waals surface area contributed by atoms with Gasteiger partial charge in [-0.2, -0.15) is 5.10 Å².